The van der Waals surface area contributed by atoms with Crippen molar-refractivity contribution in [3.05, 3.63) is 59.0 Å². The molecular formula is C14H13ClN2O3. The Balaban J connectivity index is 1.76. The summed E-state index contributed by atoms with van der Waals surface area (Å²) >= 11 is 5.75. The minimum Gasteiger partial charge on any atom is -0.467 e. The van der Waals surface area contributed by atoms with Crippen LogP contribution in [0.2, 0.25) is 5.02 Å². The SMILES string of the molecule is O=C(NCc1ccc(Cl)cc1)C(=O)NCc1ccco1. The predicted octanol–water partition coefficient (Wildman–Crippen LogP) is 1.87. The van der Waals surface area contributed by atoms with E-state index in [9.17, 15) is 9.59 Å². The van der Waals surface area contributed by atoms with Crippen LogP contribution in [0.1, 0.15) is 11.3 Å². The van der Waals surface area contributed by atoms with Crippen LogP contribution in [0.15, 0.2) is 47.1 Å². The molecule has 0 saturated carbocycles. The lowest BCUT2D eigenvalue weighted by molar-refractivity contribution is -0.139. The van der Waals surface area contributed by atoms with Gasteiger partial charge < -0.3 is 15.1 Å². The number of amides is 2. The molecule has 0 aliphatic rings. The van der Waals surface area contributed by atoms with Crippen LogP contribution in [0.3, 0.4) is 0 Å². The summed E-state index contributed by atoms with van der Waals surface area (Å²) in [5.41, 5.74) is 0.863. The number of hydrogen-bond acceptors (Lipinski definition) is 3. The first-order valence-corrected chi connectivity index (χ1v) is 6.36. The van der Waals surface area contributed by atoms with E-state index < -0.39 is 11.8 Å². The summed E-state index contributed by atoms with van der Waals surface area (Å²) < 4.78 is 5.05. The van der Waals surface area contributed by atoms with Gasteiger partial charge in [0.05, 0.1) is 12.8 Å². The van der Waals surface area contributed by atoms with Crippen molar-refractivity contribution in [2.45, 2.75) is 13.1 Å². The van der Waals surface area contributed by atoms with Crippen LogP contribution in [0.5, 0.6) is 0 Å². The molecule has 2 rings (SSSR count). The summed E-state index contributed by atoms with van der Waals surface area (Å²) in [5, 5.41) is 5.61. The minimum atomic E-state index is -0.699. The summed E-state index contributed by atoms with van der Waals surface area (Å²) in [5.74, 6) is -0.800. The highest BCUT2D eigenvalue weighted by atomic mass is 35.5. The number of halogens is 1. The van der Waals surface area contributed by atoms with Gasteiger partial charge in [0.25, 0.3) is 0 Å². The van der Waals surface area contributed by atoms with Gasteiger partial charge in [0.2, 0.25) is 0 Å². The Labute approximate surface area is 120 Å². The highest BCUT2D eigenvalue weighted by Crippen LogP contribution is 2.09. The number of benzene rings is 1. The molecule has 0 bridgehead atoms. The summed E-state index contributed by atoms with van der Waals surface area (Å²) in [6, 6.07) is 10.4. The normalized spacial score (nSPS) is 10.1. The van der Waals surface area contributed by atoms with E-state index >= 15 is 0 Å². The lowest BCUT2D eigenvalue weighted by Gasteiger charge is -2.05. The molecule has 0 fully saturated rings. The third-order valence-electron chi connectivity index (χ3n) is 2.58. The summed E-state index contributed by atoms with van der Waals surface area (Å²) in [7, 11) is 0. The van der Waals surface area contributed by atoms with Crippen molar-refractivity contribution >= 4 is 23.4 Å². The van der Waals surface area contributed by atoms with E-state index in [0.29, 0.717) is 10.8 Å². The largest absolute Gasteiger partial charge is 0.467 e. The maximum atomic E-state index is 11.6. The van der Waals surface area contributed by atoms with E-state index in [4.69, 9.17) is 16.0 Å². The summed E-state index contributed by atoms with van der Waals surface area (Å²) in [4.78, 5) is 23.1. The van der Waals surface area contributed by atoms with Crippen LogP contribution in [0.25, 0.3) is 0 Å². The van der Waals surface area contributed by atoms with E-state index in [1.54, 1.807) is 36.4 Å². The zero-order valence-electron chi connectivity index (χ0n) is 10.6. The molecule has 0 radical (unpaired) electrons. The number of rotatable bonds is 4. The lowest BCUT2D eigenvalue weighted by Crippen LogP contribution is -2.39. The molecule has 0 unspecified atom stereocenters. The van der Waals surface area contributed by atoms with Crippen molar-refractivity contribution in [3.63, 3.8) is 0 Å². The Morgan fingerprint density at radius 3 is 2.25 bits per heavy atom. The van der Waals surface area contributed by atoms with Crippen molar-refractivity contribution in [1.29, 1.82) is 0 Å². The van der Waals surface area contributed by atoms with Crippen molar-refractivity contribution in [1.82, 2.24) is 10.6 Å². The topological polar surface area (TPSA) is 71.3 Å². The van der Waals surface area contributed by atoms with Gasteiger partial charge in [-0.2, -0.15) is 0 Å². The molecular weight excluding hydrogens is 280 g/mol. The predicted molar refractivity (Wildman–Crippen MR) is 73.9 cm³/mol. The molecule has 2 amide bonds. The van der Waals surface area contributed by atoms with Gasteiger partial charge in [0, 0.05) is 11.6 Å². The molecule has 0 aliphatic heterocycles. The Morgan fingerprint density at radius 1 is 1.00 bits per heavy atom. The zero-order valence-corrected chi connectivity index (χ0v) is 11.3. The molecule has 0 atom stereocenters. The number of carbonyl (C=O) groups excluding carboxylic acids is 2. The molecule has 6 heteroatoms. The molecule has 0 saturated heterocycles. The van der Waals surface area contributed by atoms with Gasteiger partial charge in [-0.05, 0) is 29.8 Å². The molecule has 104 valence electrons. The monoisotopic (exact) mass is 292 g/mol. The molecule has 2 N–H and O–H groups in total. The summed E-state index contributed by atoms with van der Waals surface area (Å²) in [6.45, 7) is 0.449. The second-order valence-electron chi connectivity index (χ2n) is 4.07. The van der Waals surface area contributed by atoms with Gasteiger partial charge in [0.15, 0.2) is 0 Å². The van der Waals surface area contributed by atoms with E-state index in [0.717, 1.165) is 5.56 Å². The molecule has 5 nitrogen and oxygen atoms in total. The second-order valence-corrected chi connectivity index (χ2v) is 4.51. The third kappa shape index (κ3) is 4.13. The lowest BCUT2D eigenvalue weighted by atomic mass is 10.2. The van der Waals surface area contributed by atoms with Crippen molar-refractivity contribution < 1.29 is 14.0 Å². The maximum absolute atomic E-state index is 11.6. The molecule has 2 aromatic rings. The van der Waals surface area contributed by atoms with Crippen LogP contribution < -0.4 is 10.6 Å². The molecule has 20 heavy (non-hydrogen) atoms. The Bertz CT molecular complexity index is 579. The zero-order chi connectivity index (χ0) is 14.4. The van der Waals surface area contributed by atoms with Crippen LogP contribution in [0.4, 0.5) is 0 Å². The van der Waals surface area contributed by atoms with Gasteiger partial charge in [-0.1, -0.05) is 23.7 Å². The molecule has 0 aliphatic carbocycles. The fourth-order valence-corrected chi connectivity index (χ4v) is 1.65. The highest BCUT2D eigenvalue weighted by molar-refractivity contribution is 6.35. The minimum absolute atomic E-state index is 0.181. The number of carbonyl (C=O) groups is 2. The van der Waals surface area contributed by atoms with Gasteiger partial charge in [-0.25, -0.2) is 0 Å². The fourth-order valence-electron chi connectivity index (χ4n) is 1.53. The third-order valence-corrected chi connectivity index (χ3v) is 2.83. The second kappa shape index (κ2) is 6.77. The first-order chi connectivity index (χ1) is 9.65. The van der Waals surface area contributed by atoms with Crippen LogP contribution in [-0.4, -0.2) is 11.8 Å². The number of furan rings is 1. The van der Waals surface area contributed by atoms with Crippen LogP contribution in [-0.2, 0) is 22.7 Å². The van der Waals surface area contributed by atoms with E-state index in [-0.39, 0.29) is 13.1 Å². The van der Waals surface area contributed by atoms with E-state index in [2.05, 4.69) is 10.6 Å². The molecule has 1 aromatic heterocycles. The van der Waals surface area contributed by atoms with Crippen LogP contribution >= 0.6 is 11.6 Å². The van der Waals surface area contributed by atoms with Crippen molar-refractivity contribution in [2.24, 2.45) is 0 Å². The van der Waals surface area contributed by atoms with E-state index in [1.807, 2.05) is 0 Å². The quantitative estimate of drug-likeness (QED) is 0.845. The highest BCUT2D eigenvalue weighted by Gasteiger charge is 2.12. The number of hydrogen-bond donors (Lipinski definition) is 2. The van der Waals surface area contributed by atoms with Crippen molar-refractivity contribution in [3.8, 4) is 0 Å². The standard InChI is InChI=1S/C14H13ClN2O3/c15-11-5-3-10(4-6-11)8-16-13(18)14(19)17-9-12-2-1-7-20-12/h1-7H,8-9H2,(H,16,18)(H,17,19). The van der Waals surface area contributed by atoms with E-state index in [1.165, 1.54) is 6.26 Å². The Kier molecular flexibility index (Phi) is 4.79. The number of nitrogens with one attached hydrogen (secondary N) is 2. The Morgan fingerprint density at radius 2 is 1.65 bits per heavy atom. The van der Waals surface area contributed by atoms with Crippen LogP contribution in [0, 0.1) is 0 Å². The Hall–Kier alpha value is -2.27. The maximum Gasteiger partial charge on any atom is 0.309 e. The average Bonchev–Trinajstić information content (AvgIpc) is 2.97. The van der Waals surface area contributed by atoms with Gasteiger partial charge in [0.1, 0.15) is 5.76 Å². The van der Waals surface area contributed by atoms with Gasteiger partial charge in [-0.15, -0.1) is 0 Å². The first-order valence-electron chi connectivity index (χ1n) is 5.98. The summed E-state index contributed by atoms with van der Waals surface area (Å²) in [6.07, 6.45) is 1.50. The van der Waals surface area contributed by atoms with Gasteiger partial charge >= 0.3 is 11.8 Å². The van der Waals surface area contributed by atoms with Gasteiger partial charge in [-0.3, -0.25) is 9.59 Å². The average molecular weight is 293 g/mol. The molecule has 1 heterocycles. The smallest absolute Gasteiger partial charge is 0.309 e. The molecule has 1 aromatic carbocycles. The molecule has 0 spiro atoms. The fraction of sp³-hybridized carbons (Fsp3) is 0.143. The van der Waals surface area contributed by atoms with Crippen molar-refractivity contribution in [2.75, 3.05) is 0 Å². The first kappa shape index (κ1) is 14.1.